The molecule has 2 heterocycles. The van der Waals surface area contributed by atoms with Crippen LogP contribution in [0.2, 0.25) is 0 Å². The Bertz CT molecular complexity index is 1190. The van der Waals surface area contributed by atoms with Crippen LogP contribution in [-0.4, -0.2) is 35.9 Å². The van der Waals surface area contributed by atoms with Gasteiger partial charge in [-0.3, -0.25) is 9.59 Å². The Morgan fingerprint density at radius 2 is 1.97 bits per heavy atom. The van der Waals surface area contributed by atoms with Crippen LogP contribution in [0.25, 0.3) is 0 Å². The van der Waals surface area contributed by atoms with E-state index in [4.69, 9.17) is 9.15 Å². The molecule has 6 nitrogen and oxygen atoms in total. The molecule has 0 bridgehead atoms. The van der Waals surface area contributed by atoms with Gasteiger partial charge in [0.15, 0.2) is 11.9 Å². The van der Waals surface area contributed by atoms with Crippen LogP contribution in [0.4, 0.5) is 4.39 Å². The number of carbonyl (C=O) groups is 2. The van der Waals surface area contributed by atoms with E-state index in [-0.39, 0.29) is 23.4 Å². The Kier molecular flexibility index (Phi) is 6.57. The minimum Gasteiger partial charge on any atom is -0.481 e. The maximum absolute atomic E-state index is 13.7. The Balaban J connectivity index is 1.45. The van der Waals surface area contributed by atoms with Gasteiger partial charge in [-0.05, 0) is 84.7 Å². The molecular weight excluding hydrogens is 447 g/mol. The number of halogens is 1. The van der Waals surface area contributed by atoms with Crippen molar-refractivity contribution in [2.24, 2.45) is 5.92 Å². The first kappa shape index (κ1) is 23.1. The maximum atomic E-state index is 13.7. The first-order valence-electron chi connectivity index (χ1n) is 12.2. The van der Waals surface area contributed by atoms with Gasteiger partial charge in [0.05, 0.1) is 12.3 Å². The molecule has 1 aromatic heterocycles. The lowest BCUT2D eigenvalue weighted by Gasteiger charge is -2.37. The number of amides is 2. The van der Waals surface area contributed by atoms with E-state index in [9.17, 15) is 14.0 Å². The van der Waals surface area contributed by atoms with Crippen molar-refractivity contribution in [1.29, 1.82) is 0 Å². The number of nitrogens with zero attached hydrogens (tertiary/aromatic N) is 1. The summed E-state index contributed by atoms with van der Waals surface area (Å²) in [5, 5.41) is 2.99. The van der Waals surface area contributed by atoms with E-state index in [0.717, 1.165) is 16.7 Å². The van der Waals surface area contributed by atoms with Gasteiger partial charge in [0.25, 0.3) is 11.8 Å². The Labute approximate surface area is 204 Å². The van der Waals surface area contributed by atoms with Gasteiger partial charge < -0.3 is 19.4 Å². The van der Waals surface area contributed by atoms with E-state index < -0.39 is 12.1 Å². The number of fused-ring (bicyclic) bond motifs is 1. The summed E-state index contributed by atoms with van der Waals surface area (Å²) in [6, 6.07) is 14.9. The third-order valence-electron chi connectivity index (χ3n) is 6.73. The van der Waals surface area contributed by atoms with E-state index in [1.165, 1.54) is 31.2 Å². The van der Waals surface area contributed by atoms with Gasteiger partial charge in [-0.15, -0.1) is 0 Å². The highest BCUT2D eigenvalue weighted by atomic mass is 19.1. The summed E-state index contributed by atoms with van der Waals surface area (Å²) in [5.41, 5.74) is 2.77. The van der Waals surface area contributed by atoms with Gasteiger partial charge in [0.1, 0.15) is 11.6 Å². The van der Waals surface area contributed by atoms with Crippen molar-refractivity contribution in [3.05, 3.63) is 89.1 Å². The summed E-state index contributed by atoms with van der Waals surface area (Å²) < 4.78 is 25.2. The number of ether oxygens (including phenoxy) is 1. The third-order valence-corrected chi connectivity index (χ3v) is 6.73. The number of carbonyl (C=O) groups excluding carboxylic acids is 2. The van der Waals surface area contributed by atoms with Gasteiger partial charge in [-0.1, -0.05) is 25.1 Å². The third kappa shape index (κ3) is 5.09. The standard InChI is InChI=1S/C28H29FN2O4/c1-2-24(27(32)30-17-18-5-6-18)35-22-12-9-19-13-14-31(28(33)25-4-3-15-34-25)26(23(19)16-22)20-7-10-21(29)11-8-20/h3-4,7-12,15-16,18,24,26H,2,5-6,13-14,17H2,1H3,(H,30,32). The molecule has 3 aromatic rings. The summed E-state index contributed by atoms with van der Waals surface area (Å²) in [6.45, 7) is 3.11. The zero-order valence-electron chi connectivity index (χ0n) is 19.7. The van der Waals surface area contributed by atoms with Crippen LogP contribution in [0.5, 0.6) is 5.75 Å². The number of benzene rings is 2. The van der Waals surface area contributed by atoms with Crippen molar-refractivity contribution < 1.29 is 23.1 Å². The van der Waals surface area contributed by atoms with Crippen LogP contribution >= 0.6 is 0 Å². The highest BCUT2D eigenvalue weighted by Crippen LogP contribution is 2.38. The molecule has 2 amide bonds. The highest BCUT2D eigenvalue weighted by molar-refractivity contribution is 5.92. The van der Waals surface area contributed by atoms with Crippen molar-refractivity contribution in [2.45, 2.75) is 44.8 Å². The van der Waals surface area contributed by atoms with Crippen LogP contribution in [0.15, 0.2) is 65.3 Å². The first-order chi connectivity index (χ1) is 17.0. The summed E-state index contributed by atoms with van der Waals surface area (Å²) in [7, 11) is 0. The topological polar surface area (TPSA) is 71.8 Å². The van der Waals surface area contributed by atoms with Crippen molar-refractivity contribution in [3.8, 4) is 5.75 Å². The quantitative estimate of drug-likeness (QED) is 0.503. The lowest BCUT2D eigenvalue weighted by molar-refractivity contribution is -0.128. The summed E-state index contributed by atoms with van der Waals surface area (Å²) >= 11 is 0. The number of rotatable bonds is 8. The predicted octanol–water partition coefficient (Wildman–Crippen LogP) is 4.89. The number of hydrogen-bond donors (Lipinski definition) is 1. The van der Waals surface area contributed by atoms with E-state index in [2.05, 4.69) is 5.32 Å². The van der Waals surface area contributed by atoms with Crippen molar-refractivity contribution in [3.63, 3.8) is 0 Å². The van der Waals surface area contributed by atoms with Crippen LogP contribution in [0.1, 0.15) is 59.5 Å². The molecule has 2 atom stereocenters. The summed E-state index contributed by atoms with van der Waals surface area (Å²) in [4.78, 5) is 27.7. The second-order valence-corrected chi connectivity index (χ2v) is 9.24. The van der Waals surface area contributed by atoms with Gasteiger partial charge in [0, 0.05) is 13.1 Å². The monoisotopic (exact) mass is 476 g/mol. The molecule has 1 N–H and O–H groups in total. The van der Waals surface area contributed by atoms with Gasteiger partial charge in [-0.25, -0.2) is 4.39 Å². The molecule has 0 saturated heterocycles. The zero-order chi connectivity index (χ0) is 24.4. The fourth-order valence-electron chi connectivity index (χ4n) is 4.60. The second-order valence-electron chi connectivity index (χ2n) is 9.24. The maximum Gasteiger partial charge on any atom is 0.290 e. The van der Waals surface area contributed by atoms with Crippen molar-refractivity contribution >= 4 is 11.8 Å². The largest absolute Gasteiger partial charge is 0.481 e. The Hall–Kier alpha value is -3.61. The molecule has 0 radical (unpaired) electrons. The van der Waals surface area contributed by atoms with Crippen LogP contribution in [-0.2, 0) is 11.2 Å². The SMILES string of the molecule is CCC(Oc1ccc2c(c1)C(c1ccc(F)cc1)N(C(=O)c1ccco1)CC2)C(=O)NCC1CC1. The van der Waals surface area contributed by atoms with E-state index in [1.807, 2.05) is 25.1 Å². The number of furan rings is 1. The summed E-state index contributed by atoms with van der Waals surface area (Å²) in [5.74, 6) is 0.736. The average Bonchev–Trinajstić information content (AvgIpc) is 3.55. The molecule has 35 heavy (non-hydrogen) atoms. The van der Waals surface area contributed by atoms with Crippen LogP contribution in [0, 0.1) is 11.7 Å². The van der Waals surface area contributed by atoms with Gasteiger partial charge in [-0.2, -0.15) is 0 Å². The lowest BCUT2D eigenvalue weighted by Crippen LogP contribution is -2.41. The molecular formula is C28H29FN2O4. The molecule has 1 saturated carbocycles. The van der Waals surface area contributed by atoms with Crippen LogP contribution < -0.4 is 10.1 Å². The van der Waals surface area contributed by atoms with E-state index in [1.54, 1.807) is 29.2 Å². The van der Waals surface area contributed by atoms with Crippen LogP contribution in [0.3, 0.4) is 0 Å². The molecule has 7 heteroatoms. The Morgan fingerprint density at radius 3 is 2.66 bits per heavy atom. The smallest absolute Gasteiger partial charge is 0.290 e. The minimum absolute atomic E-state index is 0.109. The van der Waals surface area contributed by atoms with Crippen molar-refractivity contribution in [2.75, 3.05) is 13.1 Å². The minimum atomic E-state index is -0.597. The molecule has 2 aliphatic rings. The zero-order valence-corrected chi connectivity index (χ0v) is 19.7. The highest BCUT2D eigenvalue weighted by Gasteiger charge is 2.34. The molecule has 1 aliphatic carbocycles. The van der Waals surface area contributed by atoms with Crippen molar-refractivity contribution in [1.82, 2.24) is 10.2 Å². The molecule has 2 unspecified atom stereocenters. The van der Waals surface area contributed by atoms with E-state index in [0.29, 0.717) is 37.6 Å². The molecule has 1 aliphatic heterocycles. The molecule has 182 valence electrons. The van der Waals surface area contributed by atoms with E-state index >= 15 is 0 Å². The molecule has 2 aromatic carbocycles. The fourth-order valence-corrected chi connectivity index (χ4v) is 4.60. The average molecular weight is 477 g/mol. The first-order valence-corrected chi connectivity index (χ1v) is 12.2. The Morgan fingerprint density at radius 1 is 1.17 bits per heavy atom. The lowest BCUT2D eigenvalue weighted by atomic mass is 9.87. The number of hydrogen-bond acceptors (Lipinski definition) is 4. The van der Waals surface area contributed by atoms with Gasteiger partial charge in [0.2, 0.25) is 0 Å². The summed E-state index contributed by atoms with van der Waals surface area (Å²) in [6.07, 6.45) is 4.42. The predicted molar refractivity (Wildman–Crippen MR) is 129 cm³/mol. The molecule has 0 spiro atoms. The number of nitrogens with one attached hydrogen (secondary N) is 1. The normalized spacial score (nSPS) is 18.0. The second kappa shape index (κ2) is 9.94. The molecule has 1 fully saturated rings. The van der Waals surface area contributed by atoms with Gasteiger partial charge >= 0.3 is 0 Å². The molecule has 5 rings (SSSR count). The fraction of sp³-hybridized carbons (Fsp3) is 0.357.